The monoisotopic (exact) mass is 326 g/mol. The minimum absolute atomic E-state index is 0.0810. The summed E-state index contributed by atoms with van der Waals surface area (Å²) in [5, 5.41) is 3.17. The van der Waals surface area contributed by atoms with Gasteiger partial charge in [0.15, 0.2) is 5.78 Å². The molecule has 0 aromatic carbocycles. The number of pyridine rings is 1. The van der Waals surface area contributed by atoms with E-state index in [0.29, 0.717) is 24.2 Å². The number of rotatable bonds is 3. The van der Waals surface area contributed by atoms with Crippen LogP contribution in [0.2, 0.25) is 0 Å². The number of ether oxygens (including phenoxy) is 1. The second-order valence-corrected chi connectivity index (χ2v) is 7.02. The summed E-state index contributed by atoms with van der Waals surface area (Å²) < 4.78 is 5.19. The van der Waals surface area contributed by atoms with Gasteiger partial charge < -0.3 is 10.1 Å². The van der Waals surface area contributed by atoms with E-state index in [2.05, 4.69) is 24.1 Å². The number of dihydropyridines is 1. The Morgan fingerprint density at radius 3 is 2.88 bits per heavy atom. The molecule has 0 saturated carbocycles. The van der Waals surface area contributed by atoms with Crippen LogP contribution in [-0.2, 0) is 14.3 Å². The van der Waals surface area contributed by atoms with Gasteiger partial charge in [-0.2, -0.15) is 0 Å². The number of carbonyl (C=O) groups excluding carboxylic acids is 2. The van der Waals surface area contributed by atoms with E-state index in [9.17, 15) is 9.59 Å². The molecule has 2 aliphatic rings. The second kappa shape index (κ2) is 6.23. The first-order chi connectivity index (χ1) is 11.4. The highest BCUT2D eigenvalue weighted by Gasteiger charge is 2.41. The summed E-state index contributed by atoms with van der Waals surface area (Å²) >= 11 is 0. The summed E-state index contributed by atoms with van der Waals surface area (Å²) in [6.07, 6.45) is 6.32. The van der Waals surface area contributed by atoms with Crippen LogP contribution in [0.25, 0.3) is 0 Å². The molecule has 1 N–H and O–H groups in total. The lowest BCUT2D eigenvalue weighted by Gasteiger charge is -2.37. The Bertz CT molecular complexity index is 732. The third-order valence-corrected chi connectivity index (χ3v) is 4.45. The Morgan fingerprint density at radius 2 is 2.21 bits per heavy atom. The maximum Gasteiger partial charge on any atom is 0.336 e. The first kappa shape index (κ1) is 16.4. The number of aromatic nitrogens is 1. The molecule has 1 aromatic rings. The molecule has 126 valence electrons. The number of nitrogens with one attached hydrogen (secondary N) is 1. The van der Waals surface area contributed by atoms with Gasteiger partial charge in [0, 0.05) is 42.2 Å². The topological polar surface area (TPSA) is 68.3 Å². The van der Waals surface area contributed by atoms with E-state index in [1.807, 2.05) is 12.1 Å². The van der Waals surface area contributed by atoms with Gasteiger partial charge in [-0.15, -0.1) is 0 Å². The molecule has 1 aliphatic carbocycles. The lowest BCUT2D eigenvalue weighted by molar-refractivity contribution is -0.138. The second-order valence-electron chi connectivity index (χ2n) is 7.02. The summed E-state index contributed by atoms with van der Waals surface area (Å²) in [4.78, 5) is 29.4. The van der Waals surface area contributed by atoms with Crippen LogP contribution >= 0.6 is 0 Å². The number of hydrogen-bond donors (Lipinski definition) is 1. The summed E-state index contributed by atoms with van der Waals surface area (Å²) in [5.41, 5.74) is 2.78. The van der Waals surface area contributed by atoms with E-state index in [0.717, 1.165) is 17.7 Å². The Hall–Kier alpha value is -2.43. The Balaban J connectivity index is 2.09. The molecule has 1 aliphatic heterocycles. The fourth-order valence-electron chi connectivity index (χ4n) is 3.49. The Labute approximate surface area is 141 Å². The lowest BCUT2D eigenvalue weighted by Crippen LogP contribution is -2.36. The fourth-order valence-corrected chi connectivity index (χ4v) is 3.49. The summed E-state index contributed by atoms with van der Waals surface area (Å²) in [7, 11) is 0. The third-order valence-electron chi connectivity index (χ3n) is 4.45. The van der Waals surface area contributed by atoms with Crippen LogP contribution in [-0.4, -0.2) is 23.3 Å². The van der Waals surface area contributed by atoms with Crippen LogP contribution in [0.3, 0.4) is 0 Å². The van der Waals surface area contributed by atoms with Crippen molar-refractivity contribution < 1.29 is 14.3 Å². The minimum atomic E-state index is -0.419. The van der Waals surface area contributed by atoms with Crippen LogP contribution in [0.5, 0.6) is 0 Å². The van der Waals surface area contributed by atoms with Gasteiger partial charge in [0.1, 0.15) is 0 Å². The molecule has 0 radical (unpaired) electrons. The van der Waals surface area contributed by atoms with Gasteiger partial charge in [-0.3, -0.25) is 9.78 Å². The molecule has 3 rings (SSSR count). The number of Topliss-reactive ketones (excluding diaryl/α,β-unsaturated/α-hetero) is 1. The predicted octanol–water partition coefficient (Wildman–Crippen LogP) is 2.86. The zero-order valence-corrected chi connectivity index (χ0v) is 14.3. The number of hydrogen-bond acceptors (Lipinski definition) is 5. The molecule has 1 aromatic heterocycles. The lowest BCUT2D eigenvalue weighted by atomic mass is 9.69. The van der Waals surface area contributed by atoms with Gasteiger partial charge in [0.25, 0.3) is 0 Å². The first-order valence-electron chi connectivity index (χ1n) is 8.23. The van der Waals surface area contributed by atoms with Crippen LogP contribution in [0.15, 0.2) is 47.6 Å². The number of esters is 1. The maximum absolute atomic E-state index is 12.9. The molecule has 0 spiro atoms. The van der Waals surface area contributed by atoms with Gasteiger partial charge in [-0.1, -0.05) is 19.9 Å². The summed E-state index contributed by atoms with van der Waals surface area (Å²) in [5.74, 6) is -0.738. The van der Waals surface area contributed by atoms with E-state index >= 15 is 0 Å². The standard InChI is InChI=1S/C19H22N2O3/c1-4-24-18(23)13-11-21-14-8-19(2,3)9-15(22)17(14)16(13)12-6-5-7-20-10-12/h5-7,10-11,16,21H,4,8-9H2,1-3H3. The highest BCUT2D eigenvalue weighted by molar-refractivity contribution is 6.03. The first-order valence-corrected chi connectivity index (χ1v) is 8.23. The largest absolute Gasteiger partial charge is 0.463 e. The zero-order chi connectivity index (χ0) is 17.3. The van der Waals surface area contributed by atoms with Gasteiger partial charge in [-0.05, 0) is 30.4 Å². The number of carbonyl (C=O) groups is 2. The molecule has 0 bridgehead atoms. The molecule has 24 heavy (non-hydrogen) atoms. The average Bonchev–Trinajstić information content (AvgIpc) is 2.53. The van der Waals surface area contributed by atoms with Crippen molar-refractivity contribution in [3.05, 3.63) is 53.1 Å². The molecule has 1 unspecified atom stereocenters. The molecule has 0 saturated heterocycles. The molecular formula is C19H22N2O3. The van der Waals surface area contributed by atoms with Crippen LogP contribution < -0.4 is 5.32 Å². The van der Waals surface area contributed by atoms with Crippen molar-refractivity contribution in [3.63, 3.8) is 0 Å². The number of nitrogens with zero attached hydrogens (tertiary/aromatic N) is 1. The molecule has 0 fully saturated rings. The van der Waals surface area contributed by atoms with E-state index in [1.54, 1.807) is 25.5 Å². The molecular weight excluding hydrogens is 304 g/mol. The highest BCUT2D eigenvalue weighted by Crippen LogP contribution is 2.45. The molecule has 2 heterocycles. The van der Waals surface area contributed by atoms with E-state index < -0.39 is 11.9 Å². The average molecular weight is 326 g/mol. The van der Waals surface area contributed by atoms with Crippen molar-refractivity contribution in [1.82, 2.24) is 10.3 Å². The molecule has 1 atom stereocenters. The van der Waals surface area contributed by atoms with E-state index in [4.69, 9.17) is 4.74 Å². The third kappa shape index (κ3) is 2.98. The highest BCUT2D eigenvalue weighted by atomic mass is 16.5. The van der Waals surface area contributed by atoms with Crippen LogP contribution in [0.1, 0.15) is 45.1 Å². The molecule has 5 heteroatoms. The normalized spacial score (nSPS) is 22.4. The van der Waals surface area contributed by atoms with Gasteiger partial charge in [0.05, 0.1) is 12.2 Å². The molecule has 0 amide bonds. The Kier molecular flexibility index (Phi) is 4.26. The smallest absolute Gasteiger partial charge is 0.336 e. The van der Waals surface area contributed by atoms with Crippen molar-refractivity contribution in [3.8, 4) is 0 Å². The van der Waals surface area contributed by atoms with Crippen molar-refractivity contribution in [2.24, 2.45) is 5.41 Å². The minimum Gasteiger partial charge on any atom is -0.463 e. The van der Waals surface area contributed by atoms with Gasteiger partial charge >= 0.3 is 5.97 Å². The van der Waals surface area contributed by atoms with Crippen molar-refractivity contribution >= 4 is 11.8 Å². The van der Waals surface area contributed by atoms with E-state index in [1.165, 1.54) is 0 Å². The Morgan fingerprint density at radius 1 is 1.42 bits per heavy atom. The van der Waals surface area contributed by atoms with Crippen molar-refractivity contribution in [2.75, 3.05) is 6.61 Å². The van der Waals surface area contributed by atoms with Gasteiger partial charge in [-0.25, -0.2) is 4.79 Å². The predicted molar refractivity (Wildman–Crippen MR) is 89.9 cm³/mol. The SMILES string of the molecule is CCOC(=O)C1=CNC2=C(C(=O)CC(C)(C)C2)C1c1cccnc1. The van der Waals surface area contributed by atoms with Crippen molar-refractivity contribution in [2.45, 2.75) is 39.5 Å². The fraction of sp³-hybridized carbons (Fsp3) is 0.421. The van der Waals surface area contributed by atoms with E-state index in [-0.39, 0.29) is 11.2 Å². The zero-order valence-electron chi connectivity index (χ0n) is 14.3. The molecule has 5 nitrogen and oxygen atoms in total. The van der Waals surface area contributed by atoms with Gasteiger partial charge in [0.2, 0.25) is 0 Å². The number of ketones is 1. The summed E-state index contributed by atoms with van der Waals surface area (Å²) in [6, 6.07) is 3.71. The number of allylic oxidation sites excluding steroid dienone is 2. The summed E-state index contributed by atoms with van der Waals surface area (Å²) in [6.45, 7) is 6.23. The maximum atomic E-state index is 12.9. The van der Waals surface area contributed by atoms with Crippen LogP contribution in [0.4, 0.5) is 0 Å². The quantitative estimate of drug-likeness (QED) is 0.865. The van der Waals surface area contributed by atoms with Crippen molar-refractivity contribution in [1.29, 1.82) is 0 Å². The van der Waals surface area contributed by atoms with Crippen LogP contribution in [0, 0.1) is 5.41 Å².